The van der Waals surface area contributed by atoms with Gasteiger partial charge in [0.05, 0.1) is 5.69 Å². The number of nitrogens with zero attached hydrogens (tertiary/aromatic N) is 2. The normalized spacial score (nSPS) is 19.2. The van der Waals surface area contributed by atoms with Crippen molar-refractivity contribution in [3.63, 3.8) is 0 Å². The molecule has 0 saturated carbocycles. The Morgan fingerprint density at radius 2 is 1.74 bits per heavy atom. The average Bonchev–Trinajstić information content (AvgIpc) is 3.14. The Morgan fingerprint density at radius 3 is 2.32 bits per heavy atom. The van der Waals surface area contributed by atoms with Gasteiger partial charge >= 0.3 is 0 Å². The fourth-order valence-electron chi connectivity index (χ4n) is 2.49. The minimum Gasteiger partial charge on any atom is -0.381 e. The topological polar surface area (TPSA) is 25.4 Å². The summed E-state index contributed by atoms with van der Waals surface area (Å²) in [5.74, 6) is 0. The Labute approximate surface area is 117 Å². The third-order valence-electron chi connectivity index (χ3n) is 3.64. The van der Waals surface area contributed by atoms with Gasteiger partial charge in [0.15, 0.2) is 0 Å². The molecule has 1 aromatic heterocycles. The Hall–Kier alpha value is -0.930. The summed E-state index contributed by atoms with van der Waals surface area (Å²) in [5.41, 5.74) is 2.44. The summed E-state index contributed by atoms with van der Waals surface area (Å²) >= 11 is 0. The number of pyridine rings is 1. The van der Waals surface area contributed by atoms with Crippen molar-refractivity contribution in [1.29, 1.82) is 0 Å². The Bertz CT molecular complexity index is 350. The third kappa shape index (κ3) is 5.29. The molecule has 0 unspecified atom stereocenters. The van der Waals surface area contributed by atoms with Gasteiger partial charge in [-0.1, -0.05) is 13.0 Å². The zero-order valence-electron chi connectivity index (χ0n) is 12.1. The van der Waals surface area contributed by atoms with Crippen LogP contribution in [0.4, 0.5) is 0 Å². The predicted octanol–water partition coefficient (Wildman–Crippen LogP) is 3.04. The van der Waals surface area contributed by atoms with E-state index in [0.29, 0.717) is 0 Å². The van der Waals surface area contributed by atoms with E-state index in [4.69, 9.17) is 4.74 Å². The maximum Gasteiger partial charge on any atom is 0.0547 e. The average molecular weight is 262 g/mol. The summed E-state index contributed by atoms with van der Waals surface area (Å²) in [5, 5.41) is 0. The summed E-state index contributed by atoms with van der Waals surface area (Å²) in [4.78, 5) is 7.10. The highest BCUT2D eigenvalue weighted by Crippen LogP contribution is 2.11. The molecule has 106 valence electrons. The molecule has 0 aliphatic carbocycles. The highest BCUT2D eigenvalue weighted by atomic mass is 16.5. The van der Waals surface area contributed by atoms with Gasteiger partial charge < -0.3 is 4.74 Å². The second-order valence-corrected chi connectivity index (χ2v) is 5.28. The van der Waals surface area contributed by atoms with Crippen LogP contribution in [-0.2, 0) is 17.7 Å². The van der Waals surface area contributed by atoms with E-state index in [-0.39, 0.29) is 0 Å². The molecular formula is C16H26N2O. The second kappa shape index (κ2) is 8.28. The molecule has 0 spiro atoms. The maximum absolute atomic E-state index is 4.94. The molecule has 0 radical (unpaired) electrons. The molecule has 3 nitrogen and oxygen atoms in total. The summed E-state index contributed by atoms with van der Waals surface area (Å²) in [6, 6.07) is 6.36. The summed E-state index contributed by atoms with van der Waals surface area (Å²) in [6.07, 6.45) is 6.30. The van der Waals surface area contributed by atoms with Crippen LogP contribution in [0.1, 0.15) is 44.0 Å². The van der Waals surface area contributed by atoms with Crippen molar-refractivity contribution < 1.29 is 4.74 Å². The van der Waals surface area contributed by atoms with Gasteiger partial charge in [0.2, 0.25) is 0 Å². The monoisotopic (exact) mass is 262 g/mol. The van der Waals surface area contributed by atoms with Gasteiger partial charge in [-0.25, -0.2) is 0 Å². The predicted molar refractivity (Wildman–Crippen MR) is 78.2 cm³/mol. The van der Waals surface area contributed by atoms with Crippen molar-refractivity contribution in [2.75, 3.05) is 26.3 Å². The van der Waals surface area contributed by atoms with Gasteiger partial charge in [-0.2, -0.15) is 0 Å². The SMILES string of the molecule is C1CCOC1.CCc1cccc(CN2CCCC2)n1. The molecule has 19 heavy (non-hydrogen) atoms. The van der Waals surface area contributed by atoms with Gasteiger partial charge in [-0.3, -0.25) is 9.88 Å². The fraction of sp³-hybridized carbons (Fsp3) is 0.688. The number of hydrogen-bond donors (Lipinski definition) is 0. The van der Waals surface area contributed by atoms with Crippen LogP contribution in [0, 0.1) is 0 Å². The molecule has 0 atom stereocenters. The van der Waals surface area contributed by atoms with Crippen molar-refractivity contribution in [1.82, 2.24) is 9.88 Å². The standard InChI is InChI=1S/C12H18N2.C4H8O/c1-2-11-6-5-7-12(13-11)10-14-8-3-4-9-14;1-2-4-5-3-1/h5-7H,2-4,8-10H2,1H3;1-4H2. The van der Waals surface area contributed by atoms with Gasteiger partial charge in [0, 0.05) is 25.5 Å². The first-order valence-corrected chi connectivity index (χ1v) is 7.63. The number of rotatable bonds is 3. The minimum absolute atomic E-state index is 1.00. The van der Waals surface area contributed by atoms with Crippen LogP contribution in [0.25, 0.3) is 0 Å². The molecule has 3 heteroatoms. The van der Waals surface area contributed by atoms with Gasteiger partial charge in [0.25, 0.3) is 0 Å². The van der Waals surface area contributed by atoms with Crippen LogP contribution in [0.2, 0.25) is 0 Å². The van der Waals surface area contributed by atoms with Crippen molar-refractivity contribution >= 4 is 0 Å². The second-order valence-electron chi connectivity index (χ2n) is 5.28. The van der Waals surface area contributed by atoms with Crippen LogP contribution in [-0.4, -0.2) is 36.2 Å². The molecule has 0 bridgehead atoms. The Balaban J connectivity index is 0.000000224. The molecule has 0 N–H and O–H groups in total. The maximum atomic E-state index is 4.94. The van der Waals surface area contributed by atoms with Crippen LogP contribution in [0.15, 0.2) is 18.2 Å². The molecule has 3 rings (SSSR count). The number of likely N-dealkylation sites (tertiary alicyclic amines) is 1. The van der Waals surface area contributed by atoms with Crippen molar-refractivity contribution in [2.45, 2.75) is 45.6 Å². The van der Waals surface area contributed by atoms with E-state index in [2.05, 4.69) is 35.0 Å². The lowest BCUT2D eigenvalue weighted by molar-refractivity contribution is 0.198. The first-order valence-electron chi connectivity index (χ1n) is 7.63. The van der Waals surface area contributed by atoms with Crippen LogP contribution in [0.5, 0.6) is 0 Å². The quantitative estimate of drug-likeness (QED) is 0.837. The molecule has 0 aromatic carbocycles. The van der Waals surface area contributed by atoms with E-state index in [1.807, 2.05) is 0 Å². The van der Waals surface area contributed by atoms with E-state index in [9.17, 15) is 0 Å². The first-order chi connectivity index (χ1) is 9.38. The molecule has 1 aromatic rings. The van der Waals surface area contributed by atoms with E-state index in [0.717, 1.165) is 26.2 Å². The van der Waals surface area contributed by atoms with Gasteiger partial charge in [-0.15, -0.1) is 0 Å². The smallest absolute Gasteiger partial charge is 0.0547 e. The highest BCUT2D eigenvalue weighted by molar-refractivity contribution is 5.11. The Kier molecular flexibility index (Phi) is 6.31. The van der Waals surface area contributed by atoms with E-state index in [1.165, 1.54) is 50.2 Å². The lowest BCUT2D eigenvalue weighted by Gasteiger charge is -2.13. The fourth-order valence-corrected chi connectivity index (χ4v) is 2.49. The summed E-state index contributed by atoms with van der Waals surface area (Å²) < 4.78 is 4.94. The number of aryl methyl sites for hydroxylation is 1. The van der Waals surface area contributed by atoms with Crippen LogP contribution >= 0.6 is 0 Å². The molecule has 2 saturated heterocycles. The number of hydrogen-bond acceptors (Lipinski definition) is 3. The highest BCUT2D eigenvalue weighted by Gasteiger charge is 2.12. The van der Waals surface area contributed by atoms with E-state index >= 15 is 0 Å². The molecule has 2 fully saturated rings. The largest absolute Gasteiger partial charge is 0.381 e. The van der Waals surface area contributed by atoms with Gasteiger partial charge in [-0.05, 0) is 57.3 Å². The number of ether oxygens (including phenoxy) is 1. The van der Waals surface area contributed by atoms with Crippen molar-refractivity contribution in [2.24, 2.45) is 0 Å². The van der Waals surface area contributed by atoms with Crippen molar-refractivity contribution in [3.05, 3.63) is 29.6 Å². The minimum atomic E-state index is 1.00. The lowest BCUT2D eigenvalue weighted by Crippen LogP contribution is -2.19. The molecule has 2 aliphatic rings. The van der Waals surface area contributed by atoms with E-state index < -0.39 is 0 Å². The van der Waals surface area contributed by atoms with Crippen LogP contribution in [0.3, 0.4) is 0 Å². The summed E-state index contributed by atoms with van der Waals surface area (Å²) in [6.45, 7) is 7.69. The molecular weight excluding hydrogens is 236 g/mol. The lowest BCUT2D eigenvalue weighted by atomic mass is 10.2. The first kappa shape index (κ1) is 14.5. The summed E-state index contributed by atoms with van der Waals surface area (Å²) in [7, 11) is 0. The molecule has 3 heterocycles. The Morgan fingerprint density at radius 1 is 1.05 bits per heavy atom. The van der Waals surface area contributed by atoms with E-state index in [1.54, 1.807) is 0 Å². The van der Waals surface area contributed by atoms with Gasteiger partial charge in [0.1, 0.15) is 0 Å². The zero-order chi connectivity index (χ0) is 13.3. The third-order valence-corrected chi connectivity index (χ3v) is 3.64. The number of aromatic nitrogens is 1. The van der Waals surface area contributed by atoms with Crippen molar-refractivity contribution in [3.8, 4) is 0 Å². The van der Waals surface area contributed by atoms with Crippen LogP contribution < -0.4 is 0 Å². The molecule has 2 aliphatic heterocycles. The molecule has 0 amide bonds. The zero-order valence-corrected chi connectivity index (χ0v) is 12.1.